The van der Waals surface area contributed by atoms with E-state index in [1.165, 1.54) is 5.38 Å². The summed E-state index contributed by atoms with van der Waals surface area (Å²) in [5, 5.41) is 4.96. The molecule has 1 rings (SSSR count). The Morgan fingerprint density at radius 1 is 1.88 bits per heavy atom. The fourth-order valence-electron chi connectivity index (χ4n) is 0.257. The highest BCUT2D eigenvalue weighted by molar-refractivity contribution is 7.03. The van der Waals surface area contributed by atoms with Crippen LogP contribution in [0.25, 0.3) is 0 Å². The van der Waals surface area contributed by atoms with E-state index in [1.54, 1.807) is 0 Å². The average molecular weight is 130 g/mol. The van der Waals surface area contributed by atoms with Crippen LogP contribution < -0.4 is 4.74 Å². The molecule has 0 aliphatic heterocycles. The van der Waals surface area contributed by atoms with Crippen LogP contribution in [0.4, 0.5) is 0 Å². The first-order valence-electron chi connectivity index (χ1n) is 1.81. The van der Waals surface area contributed by atoms with Crippen LogP contribution in [-0.4, -0.2) is 16.1 Å². The second-order valence-electron chi connectivity index (χ2n) is 0.957. The first-order chi connectivity index (χ1) is 3.93. The molecule has 0 aliphatic carbocycles. The van der Waals surface area contributed by atoms with Gasteiger partial charge in [-0.25, -0.2) is 0 Å². The van der Waals surface area contributed by atoms with E-state index in [0.29, 0.717) is 6.47 Å². The summed E-state index contributed by atoms with van der Waals surface area (Å²) in [5.41, 5.74) is 0. The molecule has 5 heteroatoms. The van der Waals surface area contributed by atoms with Gasteiger partial charge in [-0.3, -0.25) is 4.79 Å². The number of carbonyl (C=O) groups is 1. The summed E-state index contributed by atoms with van der Waals surface area (Å²) in [6, 6.07) is 0. The Bertz CT molecular complexity index is 162. The van der Waals surface area contributed by atoms with Gasteiger partial charge in [0.1, 0.15) is 0 Å². The van der Waals surface area contributed by atoms with Crippen LogP contribution in [0.5, 0.6) is 5.88 Å². The molecular weight excluding hydrogens is 128 g/mol. The molecule has 0 atom stereocenters. The normalized spacial score (nSPS) is 8.50. The molecule has 0 bridgehead atoms. The van der Waals surface area contributed by atoms with Crippen molar-refractivity contribution < 1.29 is 9.53 Å². The Labute approximate surface area is 49.3 Å². The van der Waals surface area contributed by atoms with Gasteiger partial charge in [0.15, 0.2) is 0 Å². The number of nitrogens with zero attached hydrogens (tertiary/aromatic N) is 2. The number of rotatable bonds is 2. The predicted molar refractivity (Wildman–Crippen MR) is 26.6 cm³/mol. The fraction of sp³-hybridized carbons (Fsp3) is 0. The topological polar surface area (TPSA) is 52.1 Å². The van der Waals surface area contributed by atoms with Crippen LogP contribution in [0.15, 0.2) is 5.38 Å². The lowest BCUT2D eigenvalue weighted by Gasteiger charge is -1.81. The third-order valence-corrected chi connectivity index (χ3v) is 0.992. The van der Waals surface area contributed by atoms with E-state index in [2.05, 4.69) is 14.3 Å². The van der Waals surface area contributed by atoms with E-state index >= 15 is 0 Å². The molecule has 4 nitrogen and oxygen atoms in total. The Morgan fingerprint density at radius 2 is 2.75 bits per heavy atom. The molecular formula is C3H2N2O2S. The molecule has 0 aliphatic rings. The third kappa shape index (κ3) is 1.00. The summed E-state index contributed by atoms with van der Waals surface area (Å²) in [7, 11) is 0. The first kappa shape index (κ1) is 5.17. The molecule has 0 amide bonds. The van der Waals surface area contributed by atoms with E-state index in [0.717, 1.165) is 11.5 Å². The summed E-state index contributed by atoms with van der Waals surface area (Å²) in [5.74, 6) is 0.255. The maximum absolute atomic E-state index is 9.59. The first-order valence-corrected chi connectivity index (χ1v) is 2.64. The third-order valence-electron chi connectivity index (χ3n) is 0.509. The van der Waals surface area contributed by atoms with Crippen molar-refractivity contribution in [3.05, 3.63) is 5.38 Å². The standard InChI is InChI=1S/C3H2N2O2S/c6-2-7-3-1-8-5-4-3/h1-2H. The second kappa shape index (κ2) is 2.37. The zero-order valence-corrected chi connectivity index (χ0v) is 4.59. The smallest absolute Gasteiger partial charge is 0.299 e. The van der Waals surface area contributed by atoms with Crippen molar-refractivity contribution >= 4 is 18.0 Å². The van der Waals surface area contributed by atoms with Crippen LogP contribution >= 0.6 is 11.5 Å². The minimum Gasteiger partial charge on any atom is -0.407 e. The van der Waals surface area contributed by atoms with Crippen molar-refractivity contribution in [2.24, 2.45) is 0 Å². The van der Waals surface area contributed by atoms with Gasteiger partial charge in [-0.2, -0.15) is 0 Å². The van der Waals surface area contributed by atoms with Crippen LogP contribution in [0, 0.1) is 0 Å². The minimum atomic E-state index is 0.255. The Morgan fingerprint density at radius 3 is 3.25 bits per heavy atom. The zero-order valence-electron chi connectivity index (χ0n) is 3.77. The number of hydrogen-bond donors (Lipinski definition) is 0. The number of carbonyl (C=O) groups excluding carboxylic acids is 1. The summed E-state index contributed by atoms with van der Waals surface area (Å²) < 4.78 is 7.75. The van der Waals surface area contributed by atoms with E-state index in [9.17, 15) is 4.79 Å². The molecule has 0 fully saturated rings. The van der Waals surface area contributed by atoms with Gasteiger partial charge in [-0.1, -0.05) is 9.59 Å². The van der Waals surface area contributed by atoms with Gasteiger partial charge in [0.05, 0.1) is 5.38 Å². The highest BCUT2D eigenvalue weighted by atomic mass is 32.1. The maximum Gasteiger partial charge on any atom is 0.299 e. The average Bonchev–Trinajstić information content (AvgIpc) is 2.19. The van der Waals surface area contributed by atoms with Gasteiger partial charge in [0.25, 0.3) is 12.4 Å². The molecule has 1 aromatic heterocycles. The van der Waals surface area contributed by atoms with Crippen molar-refractivity contribution in [2.75, 3.05) is 0 Å². The number of ether oxygens (including phenoxy) is 1. The minimum absolute atomic E-state index is 0.255. The highest BCUT2D eigenvalue weighted by Crippen LogP contribution is 2.03. The summed E-state index contributed by atoms with van der Waals surface area (Å²) >= 11 is 1.13. The molecule has 0 aromatic carbocycles. The van der Waals surface area contributed by atoms with Gasteiger partial charge >= 0.3 is 0 Å². The summed E-state index contributed by atoms with van der Waals surface area (Å²) in [6.07, 6.45) is 0. The molecule has 0 saturated heterocycles. The molecule has 0 radical (unpaired) electrons. The monoisotopic (exact) mass is 130 g/mol. The van der Waals surface area contributed by atoms with Crippen LogP contribution in [-0.2, 0) is 4.79 Å². The molecule has 1 aromatic rings. The maximum atomic E-state index is 9.59. The summed E-state index contributed by atoms with van der Waals surface area (Å²) in [6.45, 7) is 0.316. The largest absolute Gasteiger partial charge is 0.407 e. The van der Waals surface area contributed by atoms with Crippen molar-refractivity contribution in [3.8, 4) is 5.88 Å². The number of aromatic nitrogens is 2. The van der Waals surface area contributed by atoms with Crippen LogP contribution in [0.3, 0.4) is 0 Å². The molecule has 0 N–H and O–H groups in total. The van der Waals surface area contributed by atoms with Crippen molar-refractivity contribution in [3.63, 3.8) is 0 Å². The molecule has 0 unspecified atom stereocenters. The van der Waals surface area contributed by atoms with Gasteiger partial charge in [0, 0.05) is 0 Å². The molecule has 0 spiro atoms. The predicted octanol–water partition coefficient (Wildman–Crippen LogP) is 0.0733. The van der Waals surface area contributed by atoms with Crippen molar-refractivity contribution in [2.45, 2.75) is 0 Å². The molecule has 0 saturated carbocycles. The Balaban J connectivity index is 2.62. The van der Waals surface area contributed by atoms with Gasteiger partial charge in [-0.05, 0) is 11.5 Å². The zero-order chi connectivity index (χ0) is 5.82. The molecule has 1 heterocycles. The highest BCUT2D eigenvalue weighted by Gasteiger charge is 1.90. The van der Waals surface area contributed by atoms with E-state index in [4.69, 9.17) is 0 Å². The lowest BCUT2D eigenvalue weighted by molar-refractivity contribution is -0.120. The SMILES string of the molecule is O=COc1csnn1. The lowest BCUT2D eigenvalue weighted by atomic mass is 10.9. The Hall–Kier alpha value is -0.970. The second-order valence-corrected chi connectivity index (χ2v) is 1.57. The van der Waals surface area contributed by atoms with Crippen molar-refractivity contribution in [1.29, 1.82) is 0 Å². The summed E-state index contributed by atoms with van der Waals surface area (Å²) in [4.78, 5) is 9.59. The van der Waals surface area contributed by atoms with E-state index < -0.39 is 0 Å². The van der Waals surface area contributed by atoms with E-state index in [-0.39, 0.29) is 5.88 Å². The van der Waals surface area contributed by atoms with Crippen molar-refractivity contribution in [1.82, 2.24) is 9.59 Å². The van der Waals surface area contributed by atoms with Crippen LogP contribution in [0.2, 0.25) is 0 Å². The quantitative estimate of drug-likeness (QED) is 0.532. The Kier molecular flexibility index (Phi) is 1.53. The molecule has 42 valence electrons. The van der Waals surface area contributed by atoms with Gasteiger partial charge < -0.3 is 4.74 Å². The van der Waals surface area contributed by atoms with E-state index in [1.807, 2.05) is 0 Å². The fourth-order valence-corrected chi connectivity index (χ4v) is 0.624. The van der Waals surface area contributed by atoms with Gasteiger partial charge in [0.2, 0.25) is 0 Å². The van der Waals surface area contributed by atoms with Gasteiger partial charge in [-0.15, -0.1) is 0 Å². The van der Waals surface area contributed by atoms with Crippen LogP contribution in [0.1, 0.15) is 0 Å². The number of hydrogen-bond acceptors (Lipinski definition) is 5. The molecule has 8 heavy (non-hydrogen) atoms. The lowest BCUT2D eigenvalue weighted by Crippen LogP contribution is -1.87.